The van der Waals surface area contributed by atoms with Crippen LogP contribution in [0.25, 0.3) is 0 Å². The molecule has 1 N–H and O–H groups in total. The molecule has 0 fully saturated rings. The van der Waals surface area contributed by atoms with Crippen LogP contribution in [0.15, 0.2) is 22.7 Å². The van der Waals surface area contributed by atoms with E-state index in [1.807, 2.05) is 0 Å². The summed E-state index contributed by atoms with van der Waals surface area (Å²) in [6, 6.07) is 1.98. The van der Waals surface area contributed by atoms with Crippen LogP contribution in [-0.4, -0.2) is 12.1 Å². The quantitative estimate of drug-likeness (QED) is 0.773. The highest BCUT2D eigenvalue weighted by atomic mass is 79.9. The molecule has 2 nitrogen and oxygen atoms in total. The second-order valence-electron chi connectivity index (χ2n) is 3.14. The number of alkyl halides is 6. The van der Waals surface area contributed by atoms with Gasteiger partial charge in [0.05, 0.1) is 11.3 Å². The second-order valence-corrected chi connectivity index (χ2v) is 4.00. The van der Waals surface area contributed by atoms with Crippen LogP contribution in [0.5, 0.6) is 0 Å². The number of hydrogen-bond donors (Lipinski definition) is 1. The predicted molar refractivity (Wildman–Crippen MR) is 53.8 cm³/mol. The van der Waals surface area contributed by atoms with Crippen molar-refractivity contribution in [3.63, 3.8) is 0 Å². The highest BCUT2D eigenvalue weighted by Crippen LogP contribution is 2.34. The summed E-state index contributed by atoms with van der Waals surface area (Å²) in [4.78, 5) is 10.6. The lowest BCUT2D eigenvalue weighted by molar-refractivity contribution is -0.167. The van der Waals surface area contributed by atoms with E-state index >= 15 is 0 Å². The Balaban J connectivity index is 3.06. The first-order chi connectivity index (χ1) is 8.01. The Hall–Kier alpha value is -1.25. The maximum Gasteiger partial charge on any atom is 0.471 e. The zero-order chi connectivity index (χ0) is 14.1. The predicted octanol–water partition coefficient (Wildman–Crippen LogP) is 3.97. The van der Waals surface area contributed by atoms with E-state index in [0.29, 0.717) is 12.1 Å². The van der Waals surface area contributed by atoms with Gasteiger partial charge < -0.3 is 5.32 Å². The first-order valence-corrected chi connectivity index (χ1v) is 5.06. The molecule has 100 valence electrons. The van der Waals surface area contributed by atoms with Gasteiger partial charge in [-0.2, -0.15) is 26.3 Å². The zero-order valence-corrected chi connectivity index (χ0v) is 9.87. The van der Waals surface area contributed by atoms with Crippen molar-refractivity contribution in [2.24, 2.45) is 0 Å². The van der Waals surface area contributed by atoms with Crippen molar-refractivity contribution in [2.45, 2.75) is 12.4 Å². The van der Waals surface area contributed by atoms with Crippen molar-refractivity contribution >= 4 is 27.5 Å². The summed E-state index contributed by atoms with van der Waals surface area (Å²) >= 11 is 2.74. The van der Waals surface area contributed by atoms with Crippen molar-refractivity contribution < 1.29 is 31.1 Å². The largest absolute Gasteiger partial charge is 0.471 e. The molecule has 0 aliphatic carbocycles. The maximum atomic E-state index is 12.3. The van der Waals surface area contributed by atoms with Gasteiger partial charge in [0.2, 0.25) is 0 Å². The molecule has 0 spiro atoms. The SMILES string of the molecule is O=C(Nc1cc(C(F)(F)F)ccc1Br)C(F)(F)F. The first-order valence-electron chi connectivity index (χ1n) is 4.27. The Kier molecular flexibility index (Phi) is 3.94. The minimum absolute atomic E-state index is 0.0897. The number of rotatable bonds is 1. The Labute approximate surface area is 105 Å². The van der Waals surface area contributed by atoms with E-state index in [2.05, 4.69) is 15.9 Å². The van der Waals surface area contributed by atoms with Crippen LogP contribution in [0.2, 0.25) is 0 Å². The van der Waals surface area contributed by atoms with Crippen LogP contribution in [0.3, 0.4) is 0 Å². The van der Waals surface area contributed by atoms with Crippen molar-refractivity contribution in [3.05, 3.63) is 28.2 Å². The molecule has 0 saturated carbocycles. The summed E-state index contributed by atoms with van der Waals surface area (Å²) in [6.07, 6.45) is -9.88. The van der Waals surface area contributed by atoms with Gasteiger partial charge in [0.15, 0.2) is 0 Å². The van der Waals surface area contributed by atoms with Gasteiger partial charge in [-0.25, -0.2) is 0 Å². The third kappa shape index (κ3) is 3.62. The molecule has 0 aliphatic heterocycles. The van der Waals surface area contributed by atoms with E-state index in [4.69, 9.17) is 0 Å². The molecule has 0 unspecified atom stereocenters. The molecule has 0 bridgehead atoms. The van der Waals surface area contributed by atoms with E-state index in [-0.39, 0.29) is 4.47 Å². The van der Waals surface area contributed by atoms with Crippen LogP contribution in [0.1, 0.15) is 5.56 Å². The van der Waals surface area contributed by atoms with E-state index in [1.165, 1.54) is 5.32 Å². The molecular formula is C9H4BrF6NO. The van der Waals surface area contributed by atoms with Gasteiger partial charge in [-0.15, -0.1) is 0 Å². The van der Waals surface area contributed by atoms with Crippen LogP contribution < -0.4 is 5.32 Å². The first kappa shape index (κ1) is 14.8. The van der Waals surface area contributed by atoms with Gasteiger partial charge in [0, 0.05) is 4.47 Å². The molecule has 1 amide bonds. The topological polar surface area (TPSA) is 29.1 Å². The third-order valence-electron chi connectivity index (χ3n) is 1.80. The van der Waals surface area contributed by atoms with Crippen molar-refractivity contribution in [1.82, 2.24) is 0 Å². The molecule has 18 heavy (non-hydrogen) atoms. The van der Waals surface area contributed by atoms with Crippen LogP contribution >= 0.6 is 15.9 Å². The lowest BCUT2D eigenvalue weighted by Crippen LogP contribution is -2.30. The number of carbonyl (C=O) groups is 1. The standard InChI is InChI=1S/C9H4BrF6NO/c10-5-2-1-4(8(11,12)13)3-6(5)17-7(18)9(14,15)16/h1-3H,(H,17,18). The van der Waals surface area contributed by atoms with Crippen molar-refractivity contribution in [2.75, 3.05) is 5.32 Å². The number of hydrogen-bond acceptors (Lipinski definition) is 1. The number of anilines is 1. The Bertz CT molecular complexity index is 467. The zero-order valence-electron chi connectivity index (χ0n) is 8.29. The fourth-order valence-corrected chi connectivity index (χ4v) is 1.34. The van der Waals surface area contributed by atoms with Crippen LogP contribution in [0, 0.1) is 0 Å². The molecule has 9 heteroatoms. The molecule has 0 aromatic heterocycles. The van der Waals surface area contributed by atoms with Crippen molar-refractivity contribution in [3.8, 4) is 0 Å². The highest BCUT2D eigenvalue weighted by molar-refractivity contribution is 9.10. The molecule has 0 saturated heterocycles. The van der Waals surface area contributed by atoms with Gasteiger partial charge in [0.1, 0.15) is 0 Å². The van der Waals surface area contributed by atoms with Gasteiger partial charge in [-0.05, 0) is 34.1 Å². The van der Waals surface area contributed by atoms with E-state index in [0.717, 1.165) is 6.07 Å². The Morgan fingerprint density at radius 2 is 1.67 bits per heavy atom. The monoisotopic (exact) mass is 335 g/mol. The summed E-state index contributed by atoms with van der Waals surface area (Å²) in [5.41, 5.74) is -1.77. The number of carbonyl (C=O) groups excluding carboxylic acids is 1. The molecular weight excluding hydrogens is 332 g/mol. The average molecular weight is 336 g/mol. The summed E-state index contributed by atoms with van der Waals surface area (Å²) < 4.78 is 72.7. The molecule has 0 heterocycles. The summed E-state index contributed by atoms with van der Waals surface area (Å²) in [5, 5.41) is 1.35. The summed E-state index contributed by atoms with van der Waals surface area (Å²) in [7, 11) is 0. The highest BCUT2D eigenvalue weighted by Gasteiger charge is 2.39. The second kappa shape index (κ2) is 4.79. The van der Waals surface area contributed by atoms with E-state index < -0.39 is 29.5 Å². The molecule has 0 radical (unpaired) electrons. The van der Waals surface area contributed by atoms with Gasteiger partial charge >= 0.3 is 18.3 Å². The van der Waals surface area contributed by atoms with Crippen LogP contribution in [0.4, 0.5) is 32.0 Å². The molecule has 1 aromatic carbocycles. The van der Waals surface area contributed by atoms with Crippen LogP contribution in [-0.2, 0) is 11.0 Å². The van der Waals surface area contributed by atoms with Gasteiger partial charge in [-0.1, -0.05) is 0 Å². The molecule has 0 aliphatic rings. The van der Waals surface area contributed by atoms with E-state index in [9.17, 15) is 31.1 Å². The number of halogens is 7. The lowest BCUT2D eigenvalue weighted by Gasteiger charge is -2.12. The summed E-state index contributed by atoms with van der Waals surface area (Å²) in [6.45, 7) is 0. The molecule has 1 aromatic rings. The smallest absolute Gasteiger partial charge is 0.317 e. The third-order valence-corrected chi connectivity index (χ3v) is 2.49. The minimum Gasteiger partial charge on any atom is -0.317 e. The number of benzene rings is 1. The minimum atomic E-state index is -5.17. The number of nitrogens with one attached hydrogen (secondary N) is 1. The molecule has 1 rings (SSSR count). The Morgan fingerprint density at radius 1 is 1.11 bits per heavy atom. The lowest BCUT2D eigenvalue weighted by atomic mass is 10.2. The Morgan fingerprint density at radius 3 is 2.11 bits per heavy atom. The fourth-order valence-electron chi connectivity index (χ4n) is 0.991. The molecule has 0 atom stereocenters. The van der Waals surface area contributed by atoms with Gasteiger partial charge in [-0.3, -0.25) is 4.79 Å². The fraction of sp³-hybridized carbons (Fsp3) is 0.222. The van der Waals surface area contributed by atoms with E-state index in [1.54, 1.807) is 0 Å². The maximum absolute atomic E-state index is 12.3. The van der Waals surface area contributed by atoms with Crippen molar-refractivity contribution in [1.29, 1.82) is 0 Å². The number of amides is 1. The van der Waals surface area contributed by atoms with Gasteiger partial charge in [0.25, 0.3) is 0 Å². The normalized spacial score (nSPS) is 12.4. The summed E-state index contributed by atoms with van der Waals surface area (Å²) in [5.74, 6) is -2.34. The average Bonchev–Trinajstić information content (AvgIpc) is 2.18.